The van der Waals surface area contributed by atoms with Crippen molar-refractivity contribution in [3.05, 3.63) is 64.1 Å². The van der Waals surface area contributed by atoms with Gasteiger partial charge in [-0.3, -0.25) is 4.79 Å². The van der Waals surface area contributed by atoms with Crippen molar-refractivity contribution in [2.45, 2.75) is 25.7 Å². The monoisotopic (exact) mass is 386 g/mol. The van der Waals surface area contributed by atoms with Gasteiger partial charge in [-0.05, 0) is 61.6 Å². The van der Waals surface area contributed by atoms with Gasteiger partial charge in [-0.25, -0.2) is 0 Å². The fourth-order valence-corrected chi connectivity index (χ4v) is 3.47. The molecule has 0 atom stereocenters. The third kappa shape index (κ3) is 4.60. The number of nitrogens with one attached hydrogen (secondary N) is 1. The summed E-state index contributed by atoms with van der Waals surface area (Å²) in [5.74, 6) is -0.0133. The molecule has 3 nitrogen and oxygen atoms in total. The van der Waals surface area contributed by atoms with E-state index in [-0.39, 0.29) is 5.91 Å². The summed E-state index contributed by atoms with van der Waals surface area (Å²) in [5.41, 5.74) is 3.35. The maximum Gasteiger partial charge on any atom is 0.251 e. The van der Waals surface area contributed by atoms with Crippen LogP contribution in [0.5, 0.6) is 0 Å². The molecule has 0 saturated carbocycles. The van der Waals surface area contributed by atoms with E-state index in [4.69, 9.17) is 0 Å². The second kappa shape index (κ2) is 8.34. The van der Waals surface area contributed by atoms with Crippen LogP contribution in [0.4, 0.5) is 5.69 Å². The molecule has 2 aromatic rings. The number of hydrogen-bond donors (Lipinski definition) is 1. The highest BCUT2D eigenvalue weighted by Gasteiger charge is 2.11. The van der Waals surface area contributed by atoms with E-state index in [2.05, 4.69) is 50.4 Å². The van der Waals surface area contributed by atoms with E-state index in [0.717, 1.165) is 17.3 Å². The van der Waals surface area contributed by atoms with Crippen molar-refractivity contribution in [1.29, 1.82) is 0 Å². The van der Waals surface area contributed by atoms with E-state index in [1.165, 1.54) is 37.2 Å². The Morgan fingerprint density at radius 1 is 1.08 bits per heavy atom. The van der Waals surface area contributed by atoms with Gasteiger partial charge in [0, 0.05) is 35.4 Å². The summed E-state index contributed by atoms with van der Waals surface area (Å²) in [5, 5.41) is 2.98. The summed E-state index contributed by atoms with van der Waals surface area (Å²) in [6.45, 7) is 3.06. The molecule has 0 aromatic heterocycles. The lowest BCUT2D eigenvalue weighted by molar-refractivity contribution is 0.0953. The van der Waals surface area contributed by atoms with E-state index < -0.39 is 0 Å². The van der Waals surface area contributed by atoms with Gasteiger partial charge >= 0.3 is 0 Å². The number of anilines is 1. The van der Waals surface area contributed by atoms with Crippen LogP contribution in [0.2, 0.25) is 0 Å². The maximum absolute atomic E-state index is 12.1. The van der Waals surface area contributed by atoms with Crippen LogP contribution in [0.3, 0.4) is 0 Å². The van der Waals surface area contributed by atoms with Crippen molar-refractivity contribution in [1.82, 2.24) is 5.32 Å². The van der Waals surface area contributed by atoms with E-state index in [1.54, 1.807) is 0 Å². The highest BCUT2D eigenvalue weighted by molar-refractivity contribution is 9.10. The molecule has 0 radical (unpaired) electrons. The minimum Gasteiger partial charge on any atom is -0.372 e. The summed E-state index contributed by atoms with van der Waals surface area (Å²) < 4.78 is 0.924. The number of aryl methyl sites for hydroxylation is 1. The van der Waals surface area contributed by atoms with Crippen LogP contribution in [0.15, 0.2) is 53.0 Å². The molecule has 1 saturated heterocycles. The molecular formula is C20H23BrN2O. The topological polar surface area (TPSA) is 32.3 Å². The van der Waals surface area contributed by atoms with E-state index in [1.807, 2.05) is 24.3 Å². The lowest BCUT2D eigenvalue weighted by atomic mass is 10.1. The minimum absolute atomic E-state index is 0.0133. The molecule has 2 aromatic carbocycles. The molecule has 1 aliphatic heterocycles. The van der Waals surface area contributed by atoms with Crippen LogP contribution in [0.1, 0.15) is 35.2 Å². The third-order valence-corrected chi connectivity index (χ3v) is 4.92. The van der Waals surface area contributed by atoms with Gasteiger partial charge in [0.15, 0.2) is 0 Å². The highest BCUT2D eigenvalue weighted by Crippen LogP contribution is 2.20. The molecule has 0 unspecified atom stereocenters. The van der Waals surface area contributed by atoms with Gasteiger partial charge in [0.25, 0.3) is 5.91 Å². The van der Waals surface area contributed by atoms with Gasteiger partial charge in [-0.15, -0.1) is 0 Å². The Morgan fingerprint density at radius 2 is 1.83 bits per heavy atom. The molecule has 24 heavy (non-hydrogen) atoms. The number of benzene rings is 2. The average Bonchev–Trinajstić information content (AvgIpc) is 3.14. The highest BCUT2D eigenvalue weighted by atomic mass is 79.9. The number of carbonyl (C=O) groups excluding carboxylic acids is 1. The summed E-state index contributed by atoms with van der Waals surface area (Å²) in [6.07, 6.45) is 4.54. The predicted molar refractivity (Wildman–Crippen MR) is 103 cm³/mol. The van der Waals surface area contributed by atoms with Crippen LogP contribution >= 0.6 is 15.9 Å². The van der Waals surface area contributed by atoms with E-state index in [0.29, 0.717) is 12.1 Å². The Kier molecular flexibility index (Phi) is 5.91. The Morgan fingerprint density at radius 3 is 2.54 bits per heavy atom. The second-order valence-electron chi connectivity index (χ2n) is 6.23. The van der Waals surface area contributed by atoms with Crippen molar-refractivity contribution in [2.24, 2.45) is 0 Å². The first-order chi connectivity index (χ1) is 11.7. The predicted octanol–water partition coefficient (Wildman–Crippen LogP) is 4.41. The van der Waals surface area contributed by atoms with E-state index in [9.17, 15) is 4.79 Å². The van der Waals surface area contributed by atoms with Gasteiger partial charge in [0.05, 0.1) is 0 Å². The molecule has 1 N–H and O–H groups in total. The first kappa shape index (κ1) is 17.0. The Hall–Kier alpha value is -1.81. The lowest BCUT2D eigenvalue weighted by Crippen LogP contribution is -2.24. The number of nitrogens with zero attached hydrogens (tertiary/aromatic N) is 1. The molecular weight excluding hydrogens is 364 g/mol. The SMILES string of the molecule is O=C(NCCCc1ccc(N2CCCC2)cc1)c1cccc(Br)c1. The van der Waals surface area contributed by atoms with Crippen molar-refractivity contribution in [2.75, 3.05) is 24.5 Å². The first-order valence-electron chi connectivity index (χ1n) is 8.60. The van der Waals surface area contributed by atoms with Gasteiger partial charge < -0.3 is 10.2 Å². The standard InChI is InChI=1S/C20H23BrN2O/c21-18-7-3-6-17(15-18)20(24)22-12-4-5-16-8-10-19(11-9-16)23-13-1-2-14-23/h3,6-11,15H,1-2,4-5,12-14H2,(H,22,24). The molecule has 1 aliphatic rings. The maximum atomic E-state index is 12.1. The zero-order valence-corrected chi connectivity index (χ0v) is 15.4. The molecule has 1 heterocycles. The van der Waals surface area contributed by atoms with Crippen molar-refractivity contribution >= 4 is 27.5 Å². The quantitative estimate of drug-likeness (QED) is 0.745. The van der Waals surface area contributed by atoms with E-state index >= 15 is 0 Å². The molecule has 1 amide bonds. The molecule has 4 heteroatoms. The fraction of sp³-hybridized carbons (Fsp3) is 0.350. The van der Waals surface area contributed by atoms with Crippen LogP contribution in [0, 0.1) is 0 Å². The minimum atomic E-state index is -0.0133. The van der Waals surface area contributed by atoms with Crippen LogP contribution in [-0.4, -0.2) is 25.5 Å². The molecule has 126 valence electrons. The number of rotatable bonds is 6. The second-order valence-corrected chi connectivity index (χ2v) is 7.15. The average molecular weight is 387 g/mol. The largest absolute Gasteiger partial charge is 0.372 e. The normalized spacial score (nSPS) is 14.0. The Labute approximate surface area is 152 Å². The summed E-state index contributed by atoms with van der Waals surface area (Å²) in [4.78, 5) is 14.5. The van der Waals surface area contributed by atoms with Gasteiger partial charge in [-0.2, -0.15) is 0 Å². The smallest absolute Gasteiger partial charge is 0.251 e. The molecule has 0 bridgehead atoms. The van der Waals surface area contributed by atoms with Gasteiger partial charge in [0.1, 0.15) is 0 Å². The summed E-state index contributed by atoms with van der Waals surface area (Å²) in [7, 11) is 0. The third-order valence-electron chi connectivity index (χ3n) is 4.42. The van der Waals surface area contributed by atoms with Crippen LogP contribution in [-0.2, 0) is 6.42 Å². The van der Waals surface area contributed by atoms with Crippen LogP contribution in [0.25, 0.3) is 0 Å². The zero-order valence-electron chi connectivity index (χ0n) is 13.8. The molecule has 0 spiro atoms. The number of hydrogen-bond acceptors (Lipinski definition) is 2. The fourth-order valence-electron chi connectivity index (χ4n) is 3.07. The Balaban J connectivity index is 1.42. The number of amides is 1. The first-order valence-corrected chi connectivity index (χ1v) is 9.39. The summed E-state index contributed by atoms with van der Waals surface area (Å²) >= 11 is 3.39. The molecule has 1 fully saturated rings. The van der Waals surface area contributed by atoms with Crippen molar-refractivity contribution < 1.29 is 4.79 Å². The molecule has 3 rings (SSSR count). The zero-order chi connectivity index (χ0) is 16.8. The number of halogens is 1. The Bertz CT molecular complexity index is 678. The lowest BCUT2D eigenvalue weighted by Gasteiger charge is -2.17. The molecule has 0 aliphatic carbocycles. The van der Waals surface area contributed by atoms with Gasteiger partial charge in [0.2, 0.25) is 0 Å². The van der Waals surface area contributed by atoms with Gasteiger partial charge in [-0.1, -0.05) is 34.1 Å². The number of carbonyl (C=O) groups is 1. The van der Waals surface area contributed by atoms with Crippen molar-refractivity contribution in [3.8, 4) is 0 Å². The van der Waals surface area contributed by atoms with Crippen LogP contribution < -0.4 is 10.2 Å². The summed E-state index contributed by atoms with van der Waals surface area (Å²) in [6, 6.07) is 16.3. The van der Waals surface area contributed by atoms with Crippen molar-refractivity contribution in [3.63, 3.8) is 0 Å².